The number of hydrogen-bond acceptors (Lipinski definition) is 4. The molecule has 1 aromatic heterocycles. The lowest BCUT2D eigenvalue weighted by molar-refractivity contribution is 0.268. The van der Waals surface area contributed by atoms with E-state index in [0.29, 0.717) is 6.04 Å². The summed E-state index contributed by atoms with van der Waals surface area (Å²) >= 11 is 0. The summed E-state index contributed by atoms with van der Waals surface area (Å²) in [5, 5.41) is 9.31. The number of hydrogen-bond donors (Lipinski definition) is 1. The van der Waals surface area contributed by atoms with Crippen molar-refractivity contribution in [2.45, 2.75) is 19.6 Å². The summed E-state index contributed by atoms with van der Waals surface area (Å²) in [5.41, 5.74) is 2.04. The summed E-state index contributed by atoms with van der Waals surface area (Å²) in [7, 11) is 2.15. The summed E-state index contributed by atoms with van der Waals surface area (Å²) in [6, 6.07) is 2.47. The van der Waals surface area contributed by atoms with Crippen LogP contribution in [0.2, 0.25) is 0 Å². The van der Waals surface area contributed by atoms with E-state index in [4.69, 9.17) is 0 Å². The highest BCUT2D eigenvalue weighted by Gasteiger charge is 2.23. The number of rotatable bonds is 2. The minimum absolute atomic E-state index is 0.0578. The molecule has 0 bridgehead atoms. The molecule has 2 rings (SSSR count). The highest BCUT2D eigenvalue weighted by atomic mass is 16.3. The van der Waals surface area contributed by atoms with Crippen molar-refractivity contribution in [3.63, 3.8) is 0 Å². The van der Waals surface area contributed by atoms with E-state index in [2.05, 4.69) is 28.8 Å². The van der Waals surface area contributed by atoms with Gasteiger partial charge in [0.2, 0.25) is 0 Å². The number of nitrogens with zero attached hydrogens (tertiary/aromatic N) is 3. The van der Waals surface area contributed by atoms with E-state index >= 15 is 0 Å². The fraction of sp³-hybridized carbons (Fsp3) is 0.583. The molecule has 0 radical (unpaired) electrons. The first-order valence-electron chi connectivity index (χ1n) is 5.71. The van der Waals surface area contributed by atoms with Gasteiger partial charge in [0.05, 0.1) is 6.61 Å². The van der Waals surface area contributed by atoms with Crippen LogP contribution in [-0.4, -0.2) is 47.7 Å². The van der Waals surface area contributed by atoms with Gasteiger partial charge in [-0.1, -0.05) is 0 Å². The zero-order valence-corrected chi connectivity index (χ0v) is 9.93. The number of aliphatic hydroxyl groups excluding tert-OH is 1. The predicted molar refractivity (Wildman–Crippen MR) is 64.5 cm³/mol. The molecule has 1 atom stereocenters. The summed E-state index contributed by atoms with van der Waals surface area (Å²) in [4.78, 5) is 8.74. The molecule has 4 heteroatoms. The van der Waals surface area contributed by atoms with Gasteiger partial charge in [-0.2, -0.15) is 0 Å². The topological polar surface area (TPSA) is 39.6 Å². The second-order valence-electron chi connectivity index (χ2n) is 4.47. The zero-order valence-electron chi connectivity index (χ0n) is 9.93. The first-order valence-corrected chi connectivity index (χ1v) is 5.71. The van der Waals surface area contributed by atoms with Crippen LogP contribution in [-0.2, 0) is 6.61 Å². The number of piperazine rings is 1. The van der Waals surface area contributed by atoms with Crippen molar-refractivity contribution in [3.05, 3.63) is 24.0 Å². The van der Waals surface area contributed by atoms with Crippen LogP contribution in [0.15, 0.2) is 18.5 Å². The number of aromatic nitrogens is 1. The van der Waals surface area contributed by atoms with Crippen LogP contribution < -0.4 is 4.90 Å². The molecule has 4 nitrogen and oxygen atoms in total. The lowest BCUT2D eigenvalue weighted by Crippen LogP contribution is -2.50. The van der Waals surface area contributed by atoms with Crippen molar-refractivity contribution in [1.82, 2.24) is 9.88 Å². The third kappa shape index (κ3) is 2.18. The van der Waals surface area contributed by atoms with Gasteiger partial charge >= 0.3 is 0 Å². The van der Waals surface area contributed by atoms with E-state index in [1.807, 2.05) is 6.07 Å². The molecule has 0 spiro atoms. The monoisotopic (exact) mass is 221 g/mol. The van der Waals surface area contributed by atoms with E-state index in [9.17, 15) is 5.11 Å². The number of pyridine rings is 1. The zero-order chi connectivity index (χ0) is 11.5. The Morgan fingerprint density at radius 1 is 1.50 bits per heavy atom. The molecule has 1 saturated heterocycles. The van der Waals surface area contributed by atoms with Gasteiger partial charge in [0.1, 0.15) is 0 Å². The van der Waals surface area contributed by atoms with Crippen LogP contribution in [0.1, 0.15) is 12.5 Å². The van der Waals surface area contributed by atoms with Gasteiger partial charge in [-0.25, -0.2) is 0 Å². The van der Waals surface area contributed by atoms with Gasteiger partial charge in [-0.3, -0.25) is 4.98 Å². The van der Waals surface area contributed by atoms with E-state index in [-0.39, 0.29) is 6.61 Å². The van der Waals surface area contributed by atoms with Crippen molar-refractivity contribution in [2.24, 2.45) is 0 Å². The van der Waals surface area contributed by atoms with Crippen molar-refractivity contribution in [2.75, 3.05) is 31.6 Å². The largest absolute Gasteiger partial charge is 0.392 e. The predicted octanol–water partition coefficient (Wildman–Crippen LogP) is 0.714. The third-order valence-corrected chi connectivity index (χ3v) is 3.19. The lowest BCUT2D eigenvalue weighted by Gasteiger charge is -2.40. The Bertz CT molecular complexity index is 356. The second kappa shape index (κ2) is 4.80. The summed E-state index contributed by atoms with van der Waals surface area (Å²) in [6.45, 7) is 5.42. The molecule has 1 aromatic rings. The molecule has 1 N–H and O–H groups in total. The molecule has 1 unspecified atom stereocenters. The molecule has 0 amide bonds. The Kier molecular flexibility index (Phi) is 3.41. The first kappa shape index (κ1) is 11.4. The molecule has 0 aromatic carbocycles. The van der Waals surface area contributed by atoms with Gasteiger partial charge in [-0.05, 0) is 20.0 Å². The lowest BCUT2D eigenvalue weighted by atomic mass is 10.1. The maximum Gasteiger partial charge on any atom is 0.0717 e. The standard InChI is InChI=1S/C12H19N3O/c1-10-8-14(2)5-6-15(10)12-3-4-13-7-11(12)9-16/h3-4,7,10,16H,5-6,8-9H2,1-2H3. The number of anilines is 1. The quantitative estimate of drug-likeness (QED) is 0.798. The molecule has 88 valence electrons. The molecular formula is C12H19N3O. The van der Waals surface area contributed by atoms with E-state index in [1.165, 1.54) is 0 Å². The Hall–Kier alpha value is -1.13. The second-order valence-corrected chi connectivity index (χ2v) is 4.47. The molecule has 16 heavy (non-hydrogen) atoms. The molecule has 0 saturated carbocycles. The Morgan fingerprint density at radius 3 is 3.00 bits per heavy atom. The van der Waals surface area contributed by atoms with Crippen LogP contribution in [0, 0.1) is 0 Å². The third-order valence-electron chi connectivity index (χ3n) is 3.19. The van der Waals surface area contributed by atoms with Crippen LogP contribution in [0.25, 0.3) is 0 Å². The Labute approximate surface area is 96.5 Å². The van der Waals surface area contributed by atoms with E-state index in [1.54, 1.807) is 12.4 Å². The minimum Gasteiger partial charge on any atom is -0.392 e. The molecule has 1 aliphatic rings. The van der Waals surface area contributed by atoms with E-state index in [0.717, 1.165) is 30.9 Å². The van der Waals surface area contributed by atoms with Crippen molar-refractivity contribution < 1.29 is 5.11 Å². The normalized spacial score (nSPS) is 22.4. The van der Waals surface area contributed by atoms with Crippen LogP contribution in [0.3, 0.4) is 0 Å². The molecule has 1 aliphatic heterocycles. The van der Waals surface area contributed by atoms with Gasteiger partial charge in [0.25, 0.3) is 0 Å². The van der Waals surface area contributed by atoms with Gasteiger partial charge in [0, 0.05) is 49.3 Å². The smallest absolute Gasteiger partial charge is 0.0717 e. The van der Waals surface area contributed by atoms with Crippen LogP contribution >= 0.6 is 0 Å². The molecular weight excluding hydrogens is 202 g/mol. The molecule has 1 fully saturated rings. The fourth-order valence-corrected chi connectivity index (χ4v) is 2.32. The Balaban J connectivity index is 2.23. The SMILES string of the molecule is CC1CN(C)CCN1c1ccncc1CO. The van der Waals surface area contributed by atoms with Crippen molar-refractivity contribution in [1.29, 1.82) is 0 Å². The van der Waals surface area contributed by atoms with Gasteiger partial charge < -0.3 is 14.9 Å². The van der Waals surface area contributed by atoms with Crippen molar-refractivity contribution in [3.8, 4) is 0 Å². The van der Waals surface area contributed by atoms with Crippen molar-refractivity contribution >= 4 is 5.69 Å². The minimum atomic E-state index is 0.0578. The van der Waals surface area contributed by atoms with Crippen LogP contribution in [0.5, 0.6) is 0 Å². The van der Waals surface area contributed by atoms with Gasteiger partial charge in [0.15, 0.2) is 0 Å². The van der Waals surface area contributed by atoms with Gasteiger partial charge in [-0.15, -0.1) is 0 Å². The average molecular weight is 221 g/mol. The van der Waals surface area contributed by atoms with E-state index < -0.39 is 0 Å². The molecule has 2 heterocycles. The summed E-state index contributed by atoms with van der Waals surface area (Å²) < 4.78 is 0. The summed E-state index contributed by atoms with van der Waals surface area (Å²) in [6.07, 6.45) is 3.54. The first-order chi connectivity index (χ1) is 7.72. The maximum atomic E-state index is 9.31. The number of aliphatic hydroxyl groups is 1. The van der Waals surface area contributed by atoms with Crippen LogP contribution in [0.4, 0.5) is 5.69 Å². The fourth-order valence-electron chi connectivity index (χ4n) is 2.32. The number of likely N-dealkylation sites (N-methyl/N-ethyl adjacent to an activating group) is 1. The Morgan fingerprint density at radius 2 is 2.31 bits per heavy atom. The summed E-state index contributed by atoms with van der Waals surface area (Å²) in [5.74, 6) is 0. The highest BCUT2D eigenvalue weighted by molar-refractivity contribution is 5.53. The average Bonchev–Trinajstić information content (AvgIpc) is 2.29. The maximum absolute atomic E-state index is 9.31. The molecule has 0 aliphatic carbocycles. The highest BCUT2D eigenvalue weighted by Crippen LogP contribution is 2.23.